The molecule has 0 saturated carbocycles. The molecule has 96 valence electrons. The van der Waals surface area contributed by atoms with E-state index in [2.05, 4.69) is 18.2 Å². The number of halogens is 2. The molecule has 2 aromatic rings. The minimum Gasteiger partial charge on any atom is -0.198 e. The summed E-state index contributed by atoms with van der Waals surface area (Å²) in [5.74, 6) is 0.844. The second-order valence-corrected chi connectivity index (χ2v) is 5.88. The van der Waals surface area contributed by atoms with Crippen molar-refractivity contribution in [3.8, 4) is 6.07 Å². The van der Waals surface area contributed by atoms with Gasteiger partial charge >= 0.3 is 0 Å². The molecule has 0 aliphatic carbocycles. The van der Waals surface area contributed by atoms with E-state index < -0.39 is 0 Å². The van der Waals surface area contributed by atoms with Crippen molar-refractivity contribution in [3.05, 3.63) is 63.6 Å². The van der Waals surface area contributed by atoms with Gasteiger partial charge in [0.2, 0.25) is 0 Å². The van der Waals surface area contributed by atoms with Crippen molar-refractivity contribution in [2.75, 3.05) is 0 Å². The lowest BCUT2D eigenvalue weighted by Gasteiger charge is -2.05. The third-order valence-electron chi connectivity index (χ3n) is 2.57. The van der Waals surface area contributed by atoms with Gasteiger partial charge in [-0.2, -0.15) is 5.26 Å². The second kappa shape index (κ2) is 6.86. The third-order valence-corrected chi connectivity index (χ3v) is 4.38. The summed E-state index contributed by atoms with van der Waals surface area (Å²) in [5.41, 5.74) is 2.25. The van der Waals surface area contributed by atoms with Crippen LogP contribution in [0.1, 0.15) is 11.1 Å². The molecule has 0 atom stereocenters. The van der Waals surface area contributed by atoms with Crippen LogP contribution in [0.2, 0.25) is 10.0 Å². The first kappa shape index (κ1) is 14.3. The highest BCUT2D eigenvalue weighted by Crippen LogP contribution is 2.29. The molecule has 0 unspecified atom stereocenters. The molecule has 0 aliphatic rings. The first-order valence-electron chi connectivity index (χ1n) is 5.71. The molecule has 0 N–H and O–H groups in total. The lowest BCUT2D eigenvalue weighted by Crippen LogP contribution is -1.86. The van der Waals surface area contributed by atoms with Crippen LogP contribution in [0.25, 0.3) is 0 Å². The molecule has 19 heavy (non-hydrogen) atoms. The third kappa shape index (κ3) is 4.18. The molecule has 0 aliphatic heterocycles. The van der Waals surface area contributed by atoms with Crippen LogP contribution in [0.15, 0.2) is 47.4 Å². The quantitative estimate of drug-likeness (QED) is 0.711. The summed E-state index contributed by atoms with van der Waals surface area (Å²) >= 11 is 13.6. The Morgan fingerprint density at radius 2 is 1.79 bits per heavy atom. The monoisotopic (exact) mass is 307 g/mol. The average molecular weight is 308 g/mol. The van der Waals surface area contributed by atoms with Crippen LogP contribution in [0.3, 0.4) is 0 Å². The highest BCUT2D eigenvalue weighted by Gasteiger charge is 2.02. The highest BCUT2D eigenvalue weighted by atomic mass is 35.5. The van der Waals surface area contributed by atoms with Crippen LogP contribution < -0.4 is 0 Å². The molecule has 0 heterocycles. The fourth-order valence-electron chi connectivity index (χ4n) is 1.65. The molecule has 1 nitrogen and oxygen atoms in total. The molecule has 0 amide bonds. The van der Waals surface area contributed by atoms with Gasteiger partial charge in [0.1, 0.15) is 0 Å². The number of hydrogen-bond donors (Lipinski definition) is 0. The second-order valence-electron chi connectivity index (χ2n) is 4.02. The van der Waals surface area contributed by atoms with Gasteiger partial charge in [0.25, 0.3) is 0 Å². The van der Waals surface area contributed by atoms with Crippen molar-refractivity contribution in [3.63, 3.8) is 0 Å². The van der Waals surface area contributed by atoms with Crippen LogP contribution >= 0.6 is 35.0 Å². The molecule has 4 heteroatoms. The fourth-order valence-corrected chi connectivity index (χ4v) is 2.90. The lowest BCUT2D eigenvalue weighted by atomic mass is 10.1. The Morgan fingerprint density at radius 3 is 2.53 bits per heavy atom. The van der Waals surface area contributed by atoms with E-state index >= 15 is 0 Å². The number of hydrogen-bond acceptors (Lipinski definition) is 2. The minimum atomic E-state index is 0.450. The van der Waals surface area contributed by atoms with E-state index in [9.17, 15) is 0 Å². The average Bonchev–Trinajstić information content (AvgIpc) is 2.41. The summed E-state index contributed by atoms with van der Waals surface area (Å²) in [7, 11) is 0. The number of nitrogens with zero attached hydrogens (tertiary/aromatic N) is 1. The van der Waals surface area contributed by atoms with Crippen LogP contribution in [-0.2, 0) is 12.2 Å². The van der Waals surface area contributed by atoms with Gasteiger partial charge < -0.3 is 0 Å². The van der Waals surface area contributed by atoms with Gasteiger partial charge in [0, 0.05) is 10.6 Å². The predicted molar refractivity (Wildman–Crippen MR) is 81.8 cm³/mol. The van der Waals surface area contributed by atoms with Gasteiger partial charge in [-0.15, -0.1) is 11.8 Å². The summed E-state index contributed by atoms with van der Waals surface area (Å²) in [4.78, 5) is 1.08. The zero-order valence-corrected chi connectivity index (χ0v) is 12.4. The summed E-state index contributed by atoms with van der Waals surface area (Å²) in [6.07, 6.45) is 0.450. The van der Waals surface area contributed by atoms with E-state index in [-0.39, 0.29) is 0 Å². The zero-order valence-electron chi connectivity index (χ0n) is 10.1. The van der Waals surface area contributed by atoms with Gasteiger partial charge in [-0.25, -0.2) is 0 Å². The Morgan fingerprint density at radius 1 is 1.00 bits per heavy atom. The summed E-state index contributed by atoms with van der Waals surface area (Å²) in [5, 5.41) is 9.84. The lowest BCUT2D eigenvalue weighted by molar-refractivity contribution is 1.24. The smallest absolute Gasteiger partial charge is 0.0669 e. The zero-order chi connectivity index (χ0) is 13.7. The van der Waals surface area contributed by atoms with Gasteiger partial charge in [-0.05, 0) is 29.3 Å². The van der Waals surface area contributed by atoms with Crippen molar-refractivity contribution < 1.29 is 0 Å². The molecule has 0 saturated heterocycles. The van der Waals surface area contributed by atoms with Crippen molar-refractivity contribution in [2.24, 2.45) is 0 Å². The van der Waals surface area contributed by atoms with E-state index in [0.717, 1.165) is 16.2 Å². The topological polar surface area (TPSA) is 23.8 Å². The molecule has 2 rings (SSSR count). The Labute approximate surface area is 127 Å². The molecular weight excluding hydrogens is 297 g/mol. The first-order valence-corrected chi connectivity index (χ1v) is 7.46. The Kier molecular flexibility index (Phi) is 5.15. The maximum Gasteiger partial charge on any atom is 0.0669 e. The van der Waals surface area contributed by atoms with Gasteiger partial charge in [-0.3, -0.25) is 0 Å². The maximum atomic E-state index is 8.69. The van der Waals surface area contributed by atoms with Gasteiger partial charge in [-0.1, -0.05) is 47.5 Å². The molecule has 2 aromatic carbocycles. The van der Waals surface area contributed by atoms with Gasteiger partial charge in [0.05, 0.1) is 22.5 Å². The fraction of sp³-hybridized carbons (Fsp3) is 0.133. The highest BCUT2D eigenvalue weighted by molar-refractivity contribution is 7.98. The normalized spacial score (nSPS) is 10.2. The molecular formula is C15H11Cl2NS. The summed E-state index contributed by atoms with van der Waals surface area (Å²) < 4.78 is 0. The molecule has 0 spiro atoms. The van der Waals surface area contributed by atoms with Crippen molar-refractivity contribution in [1.29, 1.82) is 5.26 Å². The first-order chi connectivity index (χ1) is 9.19. The number of nitriles is 1. The number of benzene rings is 2. The Hall–Kier alpha value is -1.14. The predicted octanol–water partition coefficient (Wildman–Crippen LogP) is 5.35. The number of rotatable bonds is 4. The van der Waals surface area contributed by atoms with Crippen LogP contribution in [-0.4, -0.2) is 0 Å². The van der Waals surface area contributed by atoms with Gasteiger partial charge in [0.15, 0.2) is 0 Å². The maximum absolute atomic E-state index is 8.69. The largest absolute Gasteiger partial charge is 0.198 e. The van der Waals surface area contributed by atoms with E-state index in [4.69, 9.17) is 28.5 Å². The standard InChI is InChI=1S/C15H11Cl2NS/c16-14-5-4-13(9-15(14)17)19-10-12-3-1-2-11(8-12)6-7-18/h1-5,8-9H,6,10H2. The number of thioether (sulfide) groups is 1. The molecule has 0 radical (unpaired) electrons. The Bertz CT molecular complexity index is 620. The Balaban J connectivity index is 2.04. The van der Waals surface area contributed by atoms with E-state index in [0.29, 0.717) is 16.5 Å². The summed E-state index contributed by atoms with van der Waals surface area (Å²) in [6, 6.07) is 15.9. The van der Waals surface area contributed by atoms with E-state index in [1.165, 1.54) is 5.56 Å². The van der Waals surface area contributed by atoms with Crippen LogP contribution in [0, 0.1) is 11.3 Å². The van der Waals surface area contributed by atoms with E-state index in [1.54, 1.807) is 17.8 Å². The molecule has 0 fully saturated rings. The van der Waals surface area contributed by atoms with Crippen molar-refractivity contribution in [1.82, 2.24) is 0 Å². The molecule has 0 bridgehead atoms. The SMILES string of the molecule is N#CCc1cccc(CSc2ccc(Cl)c(Cl)c2)c1. The minimum absolute atomic E-state index is 0.450. The van der Waals surface area contributed by atoms with E-state index in [1.807, 2.05) is 24.3 Å². The molecule has 0 aromatic heterocycles. The van der Waals surface area contributed by atoms with Crippen molar-refractivity contribution in [2.45, 2.75) is 17.1 Å². The van der Waals surface area contributed by atoms with Crippen molar-refractivity contribution >= 4 is 35.0 Å². The van der Waals surface area contributed by atoms with Crippen LogP contribution in [0.5, 0.6) is 0 Å². The summed E-state index contributed by atoms with van der Waals surface area (Å²) in [6.45, 7) is 0. The van der Waals surface area contributed by atoms with Crippen LogP contribution in [0.4, 0.5) is 0 Å².